The van der Waals surface area contributed by atoms with Crippen molar-refractivity contribution < 1.29 is 0 Å². The van der Waals surface area contributed by atoms with Crippen LogP contribution < -0.4 is 15.5 Å². The molecule has 1 aromatic carbocycles. The number of halogens is 1. The van der Waals surface area contributed by atoms with Crippen molar-refractivity contribution in [1.82, 2.24) is 4.98 Å². The minimum atomic E-state index is 0.477. The number of pyridine rings is 1. The average Bonchev–Trinajstić information content (AvgIpc) is 2.55. The van der Waals surface area contributed by atoms with Gasteiger partial charge in [0.15, 0.2) is 0 Å². The van der Waals surface area contributed by atoms with Crippen molar-refractivity contribution in [2.24, 2.45) is 5.73 Å². The van der Waals surface area contributed by atoms with Crippen molar-refractivity contribution >= 4 is 23.0 Å². The molecule has 4 nitrogen and oxygen atoms in total. The normalized spacial score (nSPS) is 15.3. The number of hydrogen-bond acceptors (Lipinski definition) is 4. The Hall–Kier alpha value is -1.78. The van der Waals surface area contributed by atoms with Crippen LogP contribution >= 0.6 is 11.6 Å². The fourth-order valence-corrected chi connectivity index (χ4v) is 2.94. The molecule has 0 saturated carbocycles. The Morgan fingerprint density at radius 3 is 2.52 bits per heavy atom. The van der Waals surface area contributed by atoms with Crippen molar-refractivity contribution in [3.63, 3.8) is 0 Å². The summed E-state index contributed by atoms with van der Waals surface area (Å²) < 4.78 is 0. The van der Waals surface area contributed by atoms with Gasteiger partial charge in [0.2, 0.25) is 0 Å². The number of nitrogens with zero attached hydrogens (tertiary/aromatic N) is 3. The Kier molecular flexibility index (Phi) is 4.27. The predicted molar refractivity (Wildman–Crippen MR) is 88.0 cm³/mol. The fourth-order valence-electron chi connectivity index (χ4n) is 2.75. The third kappa shape index (κ3) is 3.12. The van der Waals surface area contributed by atoms with Crippen molar-refractivity contribution in [1.29, 1.82) is 0 Å². The van der Waals surface area contributed by atoms with Gasteiger partial charge in [-0.2, -0.15) is 0 Å². The lowest BCUT2D eigenvalue weighted by Gasteiger charge is -2.38. The third-order valence-corrected chi connectivity index (χ3v) is 4.09. The summed E-state index contributed by atoms with van der Waals surface area (Å²) in [5, 5.41) is 0.785. The van der Waals surface area contributed by atoms with Crippen LogP contribution in [0.4, 0.5) is 11.4 Å². The summed E-state index contributed by atoms with van der Waals surface area (Å²) in [7, 11) is 0. The van der Waals surface area contributed by atoms with E-state index >= 15 is 0 Å². The van der Waals surface area contributed by atoms with Crippen molar-refractivity contribution in [3.8, 4) is 0 Å². The number of benzene rings is 1. The van der Waals surface area contributed by atoms with Gasteiger partial charge >= 0.3 is 0 Å². The zero-order chi connectivity index (χ0) is 14.7. The molecule has 0 aliphatic carbocycles. The van der Waals surface area contributed by atoms with Gasteiger partial charge in [-0.25, -0.2) is 0 Å². The van der Waals surface area contributed by atoms with Crippen LogP contribution in [0.2, 0.25) is 5.02 Å². The van der Waals surface area contributed by atoms with Crippen LogP contribution in [0.3, 0.4) is 0 Å². The molecule has 2 N–H and O–H groups in total. The standard InChI is InChI=1S/C16H19ClN4/c17-13-3-1-4-14(11-13)20-7-9-21(10-8-20)16-5-2-6-19-15(16)12-18/h1-6,11H,7-10,12,18H2. The molecule has 0 bridgehead atoms. The van der Waals surface area contributed by atoms with Gasteiger partial charge in [-0.05, 0) is 30.3 Å². The summed E-state index contributed by atoms with van der Waals surface area (Å²) in [6, 6.07) is 12.1. The van der Waals surface area contributed by atoms with Gasteiger partial charge in [0, 0.05) is 49.6 Å². The molecule has 2 heterocycles. The highest BCUT2D eigenvalue weighted by Crippen LogP contribution is 2.24. The molecule has 2 aromatic rings. The van der Waals surface area contributed by atoms with Crippen LogP contribution in [0.15, 0.2) is 42.6 Å². The Morgan fingerprint density at radius 2 is 1.81 bits per heavy atom. The van der Waals surface area contributed by atoms with E-state index in [2.05, 4.69) is 26.9 Å². The summed E-state index contributed by atoms with van der Waals surface area (Å²) in [6.45, 7) is 4.35. The Bertz CT molecular complexity index is 609. The van der Waals surface area contributed by atoms with E-state index in [1.54, 1.807) is 6.20 Å². The zero-order valence-corrected chi connectivity index (χ0v) is 12.6. The number of rotatable bonds is 3. The summed E-state index contributed by atoms with van der Waals surface area (Å²) in [5.74, 6) is 0. The molecule has 110 valence electrons. The molecule has 1 aliphatic heterocycles. The maximum atomic E-state index is 6.07. The van der Waals surface area contributed by atoms with Crippen LogP contribution in [0, 0.1) is 0 Å². The lowest BCUT2D eigenvalue weighted by molar-refractivity contribution is 0.649. The highest BCUT2D eigenvalue weighted by Gasteiger charge is 2.19. The molecule has 0 unspecified atom stereocenters. The molecular formula is C16H19ClN4. The van der Waals surface area contributed by atoms with Gasteiger partial charge in [0.1, 0.15) is 0 Å². The number of piperazine rings is 1. The SMILES string of the molecule is NCc1ncccc1N1CCN(c2cccc(Cl)c2)CC1. The lowest BCUT2D eigenvalue weighted by atomic mass is 10.2. The molecule has 0 spiro atoms. The molecule has 1 fully saturated rings. The first kappa shape index (κ1) is 14.2. The number of hydrogen-bond donors (Lipinski definition) is 1. The summed E-state index contributed by atoms with van der Waals surface area (Å²) >= 11 is 6.07. The van der Waals surface area contributed by atoms with Crippen LogP contribution in [0.1, 0.15) is 5.69 Å². The van der Waals surface area contributed by atoms with E-state index in [1.165, 1.54) is 5.69 Å². The fraction of sp³-hybridized carbons (Fsp3) is 0.312. The Balaban J connectivity index is 1.70. The van der Waals surface area contributed by atoms with E-state index < -0.39 is 0 Å². The van der Waals surface area contributed by atoms with E-state index in [1.807, 2.05) is 24.3 Å². The van der Waals surface area contributed by atoms with Crippen molar-refractivity contribution in [2.75, 3.05) is 36.0 Å². The molecule has 1 aliphatic rings. The monoisotopic (exact) mass is 302 g/mol. The average molecular weight is 303 g/mol. The van der Waals surface area contributed by atoms with Crippen LogP contribution in [-0.2, 0) is 6.54 Å². The lowest BCUT2D eigenvalue weighted by Crippen LogP contribution is -2.47. The smallest absolute Gasteiger partial charge is 0.0772 e. The molecule has 0 radical (unpaired) electrons. The van der Waals surface area contributed by atoms with E-state index in [0.29, 0.717) is 6.54 Å². The second kappa shape index (κ2) is 6.33. The van der Waals surface area contributed by atoms with E-state index in [9.17, 15) is 0 Å². The molecule has 0 amide bonds. The molecular weight excluding hydrogens is 284 g/mol. The van der Waals surface area contributed by atoms with E-state index in [0.717, 1.165) is 42.6 Å². The molecule has 1 aromatic heterocycles. The van der Waals surface area contributed by atoms with Gasteiger partial charge in [-0.3, -0.25) is 4.98 Å². The first-order valence-corrected chi connectivity index (χ1v) is 7.55. The highest BCUT2D eigenvalue weighted by atomic mass is 35.5. The molecule has 3 rings (SSSR count). The van der Waals surface area contributed by atoms with E-state index in [-0.39, 0.29) is 0 Å². The first-order chi connectivity index (χ1) is 10.3. The maximum absolute atomic E-state index is 6.07. The van der Waals surface area contributed by atoms with Gasteiger partial charge in [0.05, 0.1) is 11.4 Å². The van der Waals surface area contributed by atoms with Gasteiger partial charge in [-0.1, -0.05) is 17.7 Å². The van der Waals surface area contributed by atoms with Gasteiger partial charge < -0.3 is 15.5 Å². The second-order valence-electron chi connectivity index (χ2n) is 5.13. The summed E-state index contributed by atoms with van der Waals surface area (Å²) in [5.41, 5.74) is 9.09. The number of nitrogens with two attached hydrogens (primary N) is 1. The topological polar surface area (TPSA) is 45.4 Å². The second-order valence-corrected chi connectivity index (χ2v) is 5.56. The zero-order valence-electron chi connectivity index (χ0n) is 11.9. The molecule has 1 saturated heterocycles. The largest absolute Gasteiger partial charge is 0.368 e. The highest BCUT2D eigenvalue weighted by molar-refractivity contribution is 6.30. The van der Waals surface area contributed by atoms with Gasteiger partial charge in [-0.15, -0.1) is 0 Å². The number of aromatic nitrogens is 1. The van der Waals surface area contributed by atoms with Gasteiger partial charge in [0.25, 0.3) is 0 Å². The molecule has 21 heavy (non-hydrogen) atoms. The van der Waals surface area contributed by atoms with Crippen LogP contribution in [-0.4, -0.2) is 31.2 Å². The van der Waals surface area contributed by atoms with Crippen LogP contribution in [0.5, 0.6) is 0 Å². The Morgan fingerprint density at radius 1 is 1.05 bits per heavy atom. The number of anilines is 2. The van der Waals surface area contributed by atoms with Crippen molar-refractivity contribution in [3.05, 3.63) is 53.3 Å². The Labute approximate surface area is 130 Å². The third-order valence-electron chi connectivity index (χ3n) is 3.85. The molecule has 0 atom stereocenters. The molecule has 5 heteroatoms. The quantitative estimate of drug-likeness (QED) is 0.946. The minimum absolute atomic E-state index is 0.477. The summed E-state index contributed by atoms with van der Waals surface area (Å²) in [6.07, 6.45) is 1.80. The maximum Gasteiger partial charge on any atom is 0.0772 e. The minimum Gasteiger partial charge on any atom is -0.368 e. The predicted octanol–water partition coefficient (Wildman–Crippen LogP) is 2.52. The van der Waals surface area contributed by atoms with E-state index in [4.69, 9.17) is 17.3 Å². The summed E-state index contributed by atoms with van der Waals surface area (Å²) in [4.78, 5) is 9.08. The van der Waals surface area contributed by atoms with Crippen molar-refractivity contribution in [2.45, 2.75) is 6.54 Å². The first-order valence-electron chi connectivity index (χ1n) is 7.17. The van der Waals surface area contributed by atoms with Crippen LogP contribution in [0.25, 0.3) is 0 Å².